The summed E-state index contributed by atoms with van der Waals surface area (Å²) in [5.41, 5.74) is 0.704. The second-order valence-corrected chi connectivity index (χ2v) is 3.85. The van der Waals surface area contributed by atoms with Gasteiger partial charge in [0.2, 0.25) is 0 Å². The highest BCUT2D eigenvalue weighted by molar-refractivity contribution is 5.60. The summed E-state index contributed by atoms with van der Waals surface area (Å²) < 4.78 is 26.7. The van der Waals surface area contributed by atoms with Crippen LogP contribution in [0.25, 0.3) is 0 Å². The van der Waals surface area contributed by atoms with E-state index in [4.69, 9.17) is 5.26 Å². The van der Waals surface area contributed by atoms with E-state index >= 15 is 0 Å². The maximum atomic E-state index is 13.8. The molecule has 0 aliphatic carbocycles. The van der Waals surface area contributed by atoms with Gasteiger partial charge < -0.3 is 4.90 Å². The van der Waals surface area contributed by atoms with E-state index in [9.17, 15) is 8.78 Å². The molecule has 0 bridgehead atoms. The number of hydrogen-bond donors (Lipinski definition) is 0. The minimum atomic E-state index is -0.748. The minimum absolute atomic E-state index is 0.0165. The minimum Gasteiger partial charge on any atom is -0.323 e. The fraction of sp³-hybridized carbons (Fsp3) is 0.143. The fourth-order valence-corrected chi connectivity index (χ4v) is 1.73. The lowest BCUT2D eigenvalue weighted by Crippen LogP contribution is -2.20. The third-order valence-electron chi connectivity index (χ3n) is 2.56. The molecule has 0 aliphatic rings. The molecule has 1 heterocycles. The maximum absolute atomic E-state index is 13.8. The first-order valence-corrected chi connectivity index (χ1v) is 5.73. The molecule has 0 fully saturated rings. The van der Waals surface area contributed by atoms with Gasteiger partial charge in [0.05, 0.1) is 18.7 Å². The van der Waals surface area contributed by atoms with Crippen molar-refractivity contribution in [2.24, 2.45) is 0 Å². The van der Waals surface area contributed by atoms with Crippen LogP contribution >= 0.6 is 0 Å². The predicted molar refractivity (Wildman–Crippen MR) is 67.8 cm³/mol. The van der Waals surface area contributed by atoms with Crippen molar-refractivity contribution in [1.29, 1.82) is 5.26 Å². The first-order valence-electron chi connectivity index (χ1n) is 5.73. The Kier molecular flexibility index (Phi) is 4.04. The standard InChI is InChI=1S/C14H11F2N3/c15-11-9-13(16)14(18-10-11)19(8-4-7-17)12-5-2-1-3-6-12/h1-3,5-6,9-10H,4,8H2. The van der Waals surface area contributed by atoms with Crippen molar-refractivity contribution < 1.29 is 8.78 Å². The summed E-state index contributed by atoms with van der Waals surface area (Å²) in [6.07, 6.45) is 1.17. The van der Waals surface area contributed by atoms with Crippen LogP contribution in [0.3, 0.4) is 0 Å². The first-order chi connectivity index (χ1) is 9.22. The normalized spacial score (nSPS) is 9.95. The molecule has 0 saturated heterocycles. The fourth-order valence-electron chi connectivity index (χ4n) is 1.73. The monoisotopic (exact) mass is 259 g/mol. The third-order valence-corrected chi connectivity index (χ3v) is 2.56. The number of pyridine rings is 1. The Morgan fingerprint density at radius 3 is 2.58 bits per heavy atom. The summed E-state index contributed by atoms with van der Waals surface area (Å²) in [5, 5.41) is 8.67. The Morgan fingerprint density at radius 2 is 1.95 bits per heavy atom. The van der Waals surface area contributed by atoms with Gasteiger partial charge in [-0.3, -0.25) is 0 Å². The van der Waals surface area contributed by atoms with Crippen molar-refractivity contribution >= 4 is 11.5 Å². The molecule has 2 rings (SSSR count). The topological polar surface area (TPSA) is 39.9 Å². The van der Waals surface area contributed by atoms with E-state index in [0.717, 1.165) is 12.3 Å². The number of hydrogen-bond acceptors (Lipinski definition) is 3. The number of nitriles is 1. The van der Waals surface area contributed by atoms with Crippen LogP contribution in [-0.4, -0.2) is 11.5 Å². The number of rotatable bonds is 4. The average molecular weight is 259 g/mol. The molecule has 3 nitrogen and oxygen atoms in total. The molecular formula is C14H11F2N3. The van der Waals surface area contributed by atoms with Crippen molar-refractivity contribution in [2.45, 2.75) is 6.42 Å². The molecule has 0 N–H and O–H groups in total. The van der Waals surface area contributed by atoms with E-state index in [-0.39, 0.29) is 18.8 Å². The number of nitrogens with zero attached hydrogens (tertiary/aromatic N) is 3. The van der Waals surface area contributed by atoms with Gasteiger partial charge in [0.15, 0.2) is 11.6 Å². The molecule has 1 aromatic carbocycles. The molecule has 2 aromatic rings. The lowest BCUT2D eigenvalue weighted by Gasteiger charge is -2.23. The molecule has 5 heteroatoms. The Bertz CT molecular complexity index is 593. The van der Waals surface area contributed by atoms with Gasteiger partial charge in [-0.15, -0.1) is 0 Å². The van der Waals surface area contributed by atoms with Crippen LogP contribution in [0.5, 0.6) is 0 Å². The average Bonchev–Trinajstić information content (AvgIpc) is 2.42. The highest BCUT2D eigenvalue weighted by Gasteiger charge is 2.15. The lowest BCUT2D eigenvalue weighted by atomic mass is 10.2. The zero-order chi connectivity index (χ0) is 13.7. The van der Waals surface area contributed by atoms with Gasteiger partial charge in [-0.05, 0) is 12.1 Å². The zero-order valence-electron chi connectivity index (χ0n) is 10.1. The van der Waals surface area contributed by atoms with Gasteiger partial charge in [0.1, 0.15) is 5.82 Å². The number of halogens is 2. The van der Waals surface area contributed by atoms with E-state index in [2.05, 4.69) is 4.98 Å². The summed E-state index contributed by atoms with van der Waals surface area (Å²) >= 11 is 0. The number of anilines is 2. The van der Waals surface area contributed by atoms with Gasteiger partial charge in [-0.1, -0.05) is 18.2 Å². The molecule has 0 spiro atoms. The van der Waals surface area contributed by atoms with Crippen LogP contribution in [0.4, 0.5) is 20.3 Å². The van der Waals surface area contributed by atoms with Gasteiger partial charge in [-0.25, -0.2) is 13.8 Å². The van der Waals surface area contributed by atoms with Gasteiger partial charge in [0, 0.05) is 18.3 Å². The third kappa shape index (κ3) is 3.05. The van der Waals surface area contributed by atoms with E-state index in [1.807, 2.05) is 12.1 Å². The molecule has 1 aromatic heterocycles. The summed E-state index contributed by atoms with van der Waals surface area (Å²) in [7, 11) is 0. The summed E-state index contributed by atoms with van der Waals surface area (Å²) in [6, 6.07) is 11.8. The van der Waals surface area contributed by atoms with Gasteiger partial charge in [-0.2, -0.15) is 5.26 Å². The Hall–Kier alpha value is -2.48. The summed E-state index contributed by atoms with van der Waals surface area (Å²) in [5.74, 6) is -1.46. The molecule has 0 aliphatic heterocycles. The summed E-state index contributed by atoms with van der Waals surface area (Å²) in [4.78, 5) is 5.33. The van der Waals surface area contributed by atoms with Crippen LogP contribution in [0.1, 0.15) is 6.42 Å². The van der Waals surface area contributed by atoms with Crippen LogP contribution < -0.4 is 4.90 Å². The van der Waals surface area contributed by atoms with Crippen LogP contribution in [0, 0.1) is 23.0 Å². The van der Waals surface area contributed by atoms with Crippen LogP contribution in [-0.2, 0) is 0 Å². The Morgan fingerprint density at radius 1 is 1.21 bits per heavy atom. The highest BCUT2D eigenvalue weighted by atomic mass is 19.1. The molecular weight excluding hydrogens is 248 g/mol. The SMILES string of the molecule is N#CCCN(c1ccccc1)c1ncc(F)cc1F. The predicted octanol–water partition coefficient (Wildman–Crippen LogP) is 3.41. The molecule has 0 radical (unpaired) electrons. The molecule has 0 amide bonds. The van der Waals surface area contributed by atoms with E-state index in [1.165, 1.54) is 0 Å². The number of para-hydroxylation sites is 1. The van der Waals surface area contributed by atoms with Crippen LogP contribution in [0.15, 0.2) is 42.6 Å². The Balaban J connectivity index is 2.40. The van der Waals surface area contributed by atoms with Gasteiger partial charge >= 0.3 is 0 Å². The summed E-state index contributed by atoms with van der Waals surface area (Å²) in [6.45, 7) is 0.288. The smallest absolute Gasteiger partial charge is 0.169 e. The molecule has 19 heavy (non-hydrogen) atoms. The van der Waals surface area contributed by atoms with Crippen LogP contribution in [0.2, 0.25) is 0 Å². The Labute approximate surface area is 109 Å². The van der Waals surface area contributed by atoms with Crippen molar-refractivity contribution in [1.82, 2.24) is 4.98 Å². The van der Waals surface area contributed by atoms with E-state index in [0.29, 0.717) is 5.69 Å². The highest BCUT2D eigenvalue weighted by Crippen LogP contribution is 2.26. The molecule has 0 saturated carbocycles. The molecule has 0 unspecified atom stereocenters. The van der Waals surface area contributed by atoms with E-state index in [1.54, 1.807) is 29.2 Å². The molecule has 0 atom stereocenters. The molecule has 96 valence electrons. The second kappa shape index (κ2) is 5.91. The van der Waals surface area contributed by atoms with Crippen molar-refractivity contribution in [3.05, 3.63) is 54.2 Å². The van der Waals surface area contributed by atoms with E-state index < -0.39 is 11.6 Å². The maximum Gasteiger partial charge on any atom is 0.169 e. The zero-order valence-corrected chi connectivity index (χ0v) is 10.1. The van der Waals surface area contributed by atoms with Gasteiger partial charge in [0.25, 0.3) is 0 Å². The second-order valence-electron chi connectivity index (χ2n) is 3.85. The number of aromatic nitrogens is 1. The lowest BCUT2D eigenvalue weighted by molar-refractivity contribution is 0.571. The first kappa shape index (κ1) is 13.0. The van der Waals surface area contributed by atoms with Crippen molar-refractivity contribution in [2.75, 3.05) is 11.4 Å². The largest absolute Gasteiger partial charge is 0.323 e. The number of benzene rings is 1. The van der Waals surface area contributed by atoms with Crippen molar-refractivity contribution in [3.8, 4) is 6.07 Å². The quantitative estimate of drug-likeness (QED) is 0.844. The van der Waals surface area contributed by atoms with Crippen molar-refractivity contribution in [3.63, 3.8) is 0 Å².